The van der Waals surface area contributed by atoms with Crippen LogP contribution in [0, 0.1) is 11.5 Å². The number of nitrogens with zero attached hydrogens (tertiary/aromatic N) is 5. The third-order valence-electron chi connectivity index (χ3n) is 5.31. The highest BCUT2D eigenvalue weighted by Crippen LogP contribution is 2.34. The maximum atomic E-state index is 9.32. The average molecular weight is 473 g/mol. The predicted molar refractivity (Wildman–Crippen MR) is 137 cm³/mol. The van der Waals surface area contributed by atoms with E-state index in [1.54, 1.807) is 18.0 Å². The van der Waals surface area contributed by atoms with Crippen molar-refractivity contribution < 1.29 is 4.74 Å². The van der Waals surface area contributed by atoms with Crippen LogP contribution in [-0.2, 0) is 10.5 Å². The van der Waals surface area contributed by atoms with E-state index >= 15 is 0 Å². The molecule has 174 valence electrons. The number of nitriles is 1. The highest BCUT2D eigenvalue weighted by molar-refractivity contribution is 7.98. The summed E-state index contributed by atoms with van der Waals surface area (Å²) in [6.07, 6.45) is 9.80. The molecule has 34 heavy (non-hydrogen) atoms. The Hall–Kier alpha value is -3.57. The quantitative estimate of drug-likeness (QED) is 0.211. The lowest BCUT2D eigenvalue weighted by atomic mass is 9.89. The third-order valence-corrected chi connectivity index (χ3v) is 6.28. The minimum Gasteiger partial charge on any atom is -0.475 e. The van der Waals surface area contributed by atoms with Crippen molar-refractivity contribution in [3.8, 4) is 6.19 Å². The molecule has 2 aromatic rings. The summed E-state index contributed by atoms with van der Waals surface area (Å²) in [6, 6.07) is 16.2. The van der Waals surface area contributed by atoms with Gasteiger partial charge in [0.1, 0.15) is 6.61 Å². The van der Waals surface area contributed by atoms with Crippen molar-refractivity contribution in [2.45, 2.75) is 31.1 Å². The summed E-state index contributed by atoms with van der Waals surface area (Å²) in [5, 5.41) is 12.0. The predicted octanol–water partition coefficient (Wildman–Crippen LogP) is 4.45. The first-order valence-corrected chi connectivity index (χ1v) is 12.3. The van der Waals surface area contributed by atoms with Crippen LogP contribution < -0.4 is 5.32 Å². The second-order valence-electron chi connectivity index (χ2n) is 8.56. The molecule has 0 fully saturated rings. The van der Waals surface area contributed by atoms with E-state index in [0.29, 0.717) is 25.0 Å². The van der Waals surface area contributed by atoms with Crippen LogP contribution in [0.5, 0.6) is 0 Å². The Bertz CT molecular complexity index is 1130. The van der Waals surface area contributed by atoms with Gasteiger partial charge in [0.2, 0.25) is 11.9 Å². The van der Waals surface area contributed by atoms with E-state index in [2.05, 4.69) is 47.3 Å². The zero-order chi connectivity index (χ0) is 23.8. The lowest BCUT2D eigenvalue weighted by Crippen LogP contribution is -2.35. The normalized spacial score (nSPS) is 19.1. The fourth-order valence-corrected chi connectivity index (χ4v) is 4.42. The monoisotopic (exact) mass is 472 g/mol. The summed E-state index contributed by atoms with van der Waals surface area (Å²) in [5.41, 5.74) is 2.87. The number of hydrogen-bond donors (Lipinski definition) is 1. The molecule has 0 amide bonds. The number of hydrogen-bond acceptors (Lipinski definition) is 6. The number of pyridine rings is 1. The van der Waals surface area contributed by atoms with Gasteiger partial charge in [0, 0.05) is 41.6 Å². The first-order chi connectivity index (χ1) is 16.6. The minimum absolute atomic E-state index is 0.00219. The Morgan fingerprint density at radius 3 is 2.79 bits per heavy atom. The van der Waals surface area contributed by atoms with Crippen LogP contribution in [-0.4, -0.2) is 46.2 Å². The van der Waals surface area contributed by atoms with E-state index < -0.39 is 0 Å². The van der Waals surface area contributed by atoms with Crippen LogP contribution in [0.2, 0.25) is 0 Å². The molecule has 1 N–H and O–H groups in total. The molecule has 1 aromatic heterocycles. The van der Waals surface area contributed by atoms with Crippen LogP contribution in [0.15, 0.2) is 88.8 Å². The molecule has 0 bridgehead atoms. The van der Waals surface area contributed by atoms with Gasteiger partial charge in [-0.15, -0.1) is 0 Å². The largest absolute Gasteiger partial charge is 0.475 e. The van der Waals surface area contributed by atoms with E-state index in [1.807, 2.05) is 59.9 Å². The fourth-order valence-electron chi connectivity index (χ4n) is 3.67. The van der Waals surface area contributed by atoms with Gasteiger partial charge in [-0.05, 0) is 31.5 Å². The van der Waals surface area contributed by atoms with Gasteiger partial charge in [0.25, 0.3) is 0 Å². The van der Waals surface area contributed by atoms with E-state index in [9.17, 15) is 5.26 Å². The van der Waals surface area contributed by atoms with Crippen molar-refractivity contribution in [1.29, 1.82) is 5.26 Å². The number of allylic oxidation sites excluding steroid dienone is 1. The molecule has 1 unspecified atom stereocenters. The maximum absolute atomic E-state index is 9.32. The summed E-state index contributed by atoms with van der Waals surface area (Å²) in [7, 11) is 0. The number of ether oxygens (including phenoxy) is 1. The van der Waals surface area contributed by atoms with Gasteiger partial charge in [-0.25, -0.2) is 4.99 Å². The topological polar surface area (TPSA) is 85.9 Å². The van der Waals surface area contributed by atoms with E-state index in [1.165, 1.54) is 0 Å². The molecule has 7 nitrogen and oxygen atoms in total. The molecule has 0 spiro atoms. The number of nitrogens with one attached hydrogen (secondary N) is 1. The number of guanidine groups is 1. The zero-order valence-corrected chi connectivity index (χ0v) is 20.2. The molecule has 1 atom stereocenters. The van der Waals surface area contributed by atoms with Gasteiger partial charge in [-0.2, -0.15) is 17.0 Å². The molecule has 1 aromatic carbocycles. The van der Waals surface area contributed by atoms with Crippen LogP contribution in [0.1, 0.15) is 31.0 Å². The Labute approximate surface area is 205 Å². The van der Waals surface area contributed by atoms with Crippen LogP contribution >= 0.6 is 11.8 Å². The Morgan fingerprint density at radius 1 is 1.26 bits per heavy atom. The summed E-state index contributed by atoms with van der Waals surface area (Å²) in [5.74, 6) is 2.76. The number of rotatable bonds is 7. The number of aromatic nitrogens is 1. The maximum Gasteiger partial charge on any atom is 0.215 e. The van der Waals surface area contributed by atoms with Crippen molar-refractivity contribution in [2.24, 2.45) is 9.98 Å². The van der Waals surface area contributed by atoms with E-state index in [0.717, 1.165) is 28.3 Å². The van der Waals surface area contributed by atoms with E-state index in [4.69, 9.17) is 9.73 Å². The highest BCUT2D eigenvalue weighted by Gasteiger charge is 2.33. The molecule has 2 aliphatic heterocycles. The summed E-state index contributed by atoms with van der Waals surface area (Å²) in [6.45, 7) is 5.22. The molecule has 3 heterocycles. The van der Waals surface area contributed by atoms with Crippen LogP contribution in [0.3, 0.4) is 0 Å². The molecule has 0 aliphatic carbocycles. The van der Waals surface area contributed by atoms with Gasteiger partial charge in [0.15, 0.2) is 6.19 Å². The highest BCUT2D eigenvalue weighted by atomic mass is 32.2. The van der Waals surface area contributed by atoms with Crippen molar-refractivity contribution in [1.82, 2.24) is 15.2 Å². The lowest BCUT2D eigenvalue weighted by molar-refractivity contribution is 0.278. The molecule has 4 rings (SSSR count). The van der Waals surface area contributed by atoms with Gasteiger partial charge >= 0.3 is 0 Å². The van der Waals surface area contributed by atoms with Crippen LogP contribution in [0.4, 0.5) is 0 Å². The molecule has 2 aliphatic rings. The van der Waals surface area contributed by atoms with Gasteiger partial charge in [-0.3, -0.25) is 20.2 Å². The number of benzene rings is 1. The third kappa shape index (κ3) is 6.06. The van der Waals surface area contributed by atoms with Gasteiger partial charge in [0.05, 0.1) is 17.8 Å². The molecular weight excluding hydrogens is 444 g/mol. The molecule has 0 saturated carbocycles. The second-order valence-corrected chi connectivity index (χ2v) is 9.66. The zero-order valence-electron chi connectivity index (χ0n) is 19.4. The smallest absolute Gasteiger partial charge is 0.215 e. The first-order valence-electron chi connectivity index (χ1n) is 11.2. The van der Waals surface area contributed by atoms with Crippen molar-refractivity contribution in [3.63, 3.8) is 0 Å². The van der Waals surface area contributed by atoms with Crippen molar-refractivity contribution >= 4 is 23.6 Å². The fraction of sp³-hybridized carbons (Fsp3) is 0.308. The summed E-state index contributed by atoms with van der Waals surface area (Å²) < 4.78 is 5.99. The molecule has 8 heteroatoms. The molecule has 0 radical (unpaired) electrons. The Kier molecular flexibility index (Phi) is 7.65. The van der Waals surface area contributed by atoms with Gasteiger partial charge in [-0.1, -0.05) is 42.5 Å². The number of aliphatic imine (C=N–C) groups is 2. The molecular formula is C26H28N6OS. The summed E-state index contributed by atoms with van der Waals surface area (Å²) >= 11 is 1.76. The van der Waals surface area contributed by atoms with E-state index in [-0.39, 0.29) is 11.5 Å². The minimum atomic E-state index is -0.268. The van der Waals surface area contributed by atoms with Crippen molar-refractivity contribution in [2.75, 3.05) is 18.9 Å². The summed E-state index contributed by atoms with van der Waals surface area (Å²) in [4.78, 5) is 15.6. The van der Waals surface area contributed by atoms with Crippen molar-refractivity contribution in [3.05, 3.63) is 90.0 Å². The standard InChI is InChI=1S/C26H28N6OS/c1-26(2)18-33-24(31-26)23-16-32(14-11-22(23)20-8-4-3-5-9-20)25(30-19-27)29-13-15-34-17-21-10-6-7-12-28-21/h3-12,14,16,22H,13,15,17-18H2,1-2H3,(H,29,30). The number of thioether (sulfide) groups is 1. The average Bonchev–Trinajstić information content (AvgIpc) is 3.23. The van der Waals surface area contributed by atoms with Gasteiger partial charge < -0.3 is 4.74 Å². The Morgan fingerprint density at radius 2 is 2.09 bits per heavy atom. The first kappa shape index (κ1) is 23.6. The lowest BCUT2D eigenvalue weighted by Gasteiger charge is -2.27. The Balaban J connectivity index is 1.51. The second kappa shape index (κ2) is 11.0. The SMILES string of the molecule is CC1(C)COC(C2=CN(C(=NCCSCc3ccccn3)NC#N)C=CC2c2ccccc2)=N1. The van der Waals surface area contributed by atoms with Crippen LogP contribution in [0.25, 0.3) is 0 Å². The molecule has 0 saturated heterocycles.